The summed E-state index contributed by atoms with van der Waals surface area (Å²) in [6.07, 6.45) is -9.56. The molecule has 4 aliphatic heterocycles. The molecule has 0 bridgehead atoms. The standard InChI is InChI=1S/C20H22O8.C16H20O8.C16H18O6.C12H16O7.I3.I2.HI/c1-26-20(25)12-3-2-4-14(9-12)27-13-7-5-11(6-8-13)19-18(24)17(23)16(22)15(10-21)28-19;1-8(17)22-7-12-16(23-9(2)18)14(21)13(20)15(24-12)10-3-5-11(19)6-4-10;1-10(17)20-9-16-15(21-11(2)18)8-7-14(22-16)12-3-5-13(19)6-4-12;1-7(13)17-6-11-12(19-9(3)15)10(4-5-16-11)18-8(2)14;1-3-2;1-2;/h2-9,15-19,21-24H,10H2,1H3;3-6,12-16,19-21H,7H2,1-2H3;3-8,14-16,19H,9H2,1-2H3;4-5,10-12H,6H2,1-3H3;;;1H/q;;;;-1;;/t15-,16-,17+,18+,19-;12-,13+,14-,15-,16-;14-,15-,16+;10-,11-,12+;;;/m1101.../s1. The second-order valence-electron chi connectivity index (χ2n) is 20.9. The van der Waals surface area contributed by atoms with Crippen molar-refractivity contribution >= 4 is 146 Å². The third kappa shape index (κ3) is 31.5. The van der Waals surface area contributed by atoms with E-state index < -0.39 is 146 Å². The molecule has 0 amide bonds. The van der Waals surface area contributed by atoms with Crippen LogP contribution >= 0.6 is 98.4 Å². The van der Waals surface area contributed by atoms with Gasteiger partial charge in [0.2, 0.25) is 0 Å². The van der Waals surface area contributed by atoms with Crippen LogP contribution in [0.2, 0.25) is 0 Å². The number of carbonyl (C=O) groups is 8. The van der Waals surface area contributed by atoms with Crippen molar-refractivity contribution in [2.24, 2.45) is 0 Å². The van der Waals surface area contributed by atoms with Crippen LogP contribution in [0.15, 0.2) is 122 Å². The molecule has 0 saturated carbocycles. The third-order valence-electron chi connectivity index (χ3n) is 13.7. The Kier molecular flexibility index (Phi) is 43.5. The summed E-state index contributed by atoms with van der Waals surface area (Å²) in [5.74, 6) is -2.96. The van der Waals surface area contributed by atoms with Crippen molar-refractivity contribution < 1.29 is 154 Å². The Morgan fingerprint density at radius 2 is 0.919 bits per heavy atom. The molecule has 4 aromatic rings. The summed E-state index contributed by atoms with van der Waals surface area (Å²) in [5, 5.41) is 78.5. The molecule has 8 rings (SSSR count). The van der Waals surface area contributed by atoms with Gasteiger partial charge in [0.1, 0.15) is 116 Å². The number of ether oxygens (including phenoxy) is 13. The molecule has 0 radical (unpaired) electrons. The van der Waals surface area contributed by atoms with Crippen LogP contribution in [0.25, 0.3) is 0 Å². The molecule has 99 heavy (non-hydrogen) atoms. The van der Waals surface area contributed by atoms with Gasteiger partial charge >= 0.3 is 98.2 Å². The zero-order valence-electron chi connectivity index (χ0n) is 54.1. The molecule has 2 saturated heterocycles. The van der Waals surface area contributed by atoms with Gasteiger partial charge < -0.3 is 102 Å². The molecule has 0 aromatic heterocycles. The van der Waals surface area contributed by atoms with Gasteiger partial charge in [-0.05, 0) is 83.4 Å². The van der Waals surface area contributed by atoms with Crippen LogP contribution in [0.5, 0.6) is 23.0 Å². The predicted molar refractivity (Wildman–Crippen MR) is 387 cm³/mol. The van der Waals surface area contributed by atoms with Crippen LogP contribution in [0, 0.1) is 0 Å². The maximum atomic E-state index is 11.6. The van der Waals surface area contributed by atoms with Gasteiger partial charge in [-0.25, -0.2) is 4.79 Å². The molecule has 0 spiro atoms. The summed E-state index contributed by atoms with van der Waals surface area (Å²) in [6.45, 7) is 7.87. The fourth-order valence-corrected chi connectivity index (χ4v) is 9.32. The SMILES string of the molecule is CC(=O)OC[C@H]1OC=C[C@@H](OC(C)=O)[C@@H]1OC(C)=O.CC(=O)OC[C@H]1O[C@H](c2ccc(O)cc2)C=C[C@@H]1OC(C)=O.CC(=O)OC[C@H]1O[C@H](c2ccc(O)cc2)[C@@H](O)[C@@H](O)[C@@H]1OC(C)=O.COC(=O)c1cccc(Oc2ccc([C@H]3O[C@H](CO)[C@@H](O)[C@H](O)[C@@H]3O)cc2)c1.I.II.I[I-]I. The van der Waals surface area contributed by atoms with E-state index >= 15 is 0 Å². The van der Waals surface area contributed by atoms with Crippen LogP contribution < -0.4 is 18.0 Å². The summed E-state index contributed by atoms with van der Waals surface area (Å²) in [7, 11) is 1.30. The summed E-state index contributed by atoms with van der Waals surface area (Å²) < 4.78 is 67.7. The van der Waals surface area contributed by atoms with E-state index in [9.17, 15) is 79.2 Å². The van der Waals surface area contributed by atoms with Gasteiger partial charge in [-0.1, -0.05) is 48.5 Å². The average Bonchev–Trinajstić information content (AvgIpc) is 0.804. The molecule has 2 fully saturated rings. The maximum absolute atomic E-state index is 11.6. The molecule has 16 atom stereocenters. The number of phenolic OH excluding ortho intramolecular Hbond substituents is 2. The van der Waals surface area contributed by atoms with Gasteiger partial charge in [0.05, 0.1) is 25.5 Å². The van der Waals surface area contributed by atoms with E-state index in [1.807, 2.05) is 0 Å². The van der Waals surface area contributed by atoms with Gasteiger partial charge in [-0.2, -0.15) is 0 Å². The first-order valence-electron chi connectivity index (χ1n) is 29.1. The number of phenols is 2. The molecule has 4 aliphatic rings. The van der Waals surface area contributed by atoms with Gasteiger partial charge in [0.25, 0.3) is 0 Å². The summed E-state index contributed by atoms with van der Waals surface area (Å²) in [6, 6.07) is 25.6. The summed E-state index contributed by atoms with van der Waals surface area (Å²) in [5.41, 5.74) is 2.25. The Bertz CT molecular complexity index is 3220. The average molecular weight is 2070 g/mol. The third-order valence-corrected chi connectivity index (χ3v) is 13.7. The van der Waals surface area contributed by atoms with Crippen molar-refractivity contribution in [3.63, 3.8) is 0 Å². The Morgan fingerprint density at radius 1 is 0.475 bits per heavy atom. The molecule has 35 heteroatoms. The molecule has 0 aliphatic carbocycles. The van der Waals surface area contributed by atoms with Crippen molar-refractivity contribution in [3.8, 4) is 23.0 Å². The van der Waals surface area contributed by atoms with E-state index in [0.717, 1.165) is 12.5 Å². The van der Waals surface area contributed by atoms with Gasteiger partial charge in [-0.3, -0.25) is 33.6 Å². The number of hydrogen-bond acceptors (Lipinski definition) is 29. The van der Waals surface area contributed by atoms with Gasteiger partial charge in [0.15, 0.2) is 24.4 Å². The Balaban J connectivity index is 0.000000441. The predicted octanol–water partition coefficient (Wildman–Crippen LogP) is 4.20. The van der Waals surface area contributed by atoms with Gasteiger partial charge in [0, 0.05) is 85.7 Å². The van der Waals surface area contributed by atoms with Crippen molar-refractivity contribution in [3.05, 3.63) is 144 Å². The minimum atomic E-state index is -1.44. The van der Waals surface area contributed by atoms with E-state index in [1.165, 1.54) is 85.3 Å². The number of carbonyl (C=O) groups excluding carboxylic acids is 8. The van der Waals surface area contributed by atoms with E-state index in [2.05, 4.69) is 79.2 Å². The second kappa shape index (κ2) is 47.6. The van der Waals surface area contributed by atoms with Crippen LogP contribution in [0.1, 0.15) is 93.8 Å². The van der Waals surface area contributed by atoms with E-state index in [4.69, 9.17) is 56.8 Å². The first-order chi connectivity index (χ1) is 46.5. The molecule has 0 unspecified atom stereocenters. The van der Waals surface area contributed by atoms with Crippen molar-refractivity contribution in [1.29, 1.82) is 0 Å². The molecular weight excluding hydrogens is 1990 g/mol. The number of rotatable bonds is 17. The Hall–Kier alpha value is -4.66. The Morgan fingerprint density at radius 3 is 1.40 bits per heavy atom. The van der Waals surface area contributed by atoms with Crippen LogP contribution in [0.4, 0.5) is 0 Å². The molecule has 8 N–H and O–H groups in total. The quantitative estimate of drug-likeness (QED) is 0.0318. The number of aromatic hydroxyl groups is 2. The number of aliphatic hydroxyl groups excluding tert-OH is 6. The monoisotopic (exact) mass is 2070 g/mol. The topological polar surface area (TPSA) is 418 Å². The minimum absolute atomic E-state index is 0. The second-order valence-corrected chi connectivity index (χ2v) is 37.2. The molecule has 29 nitrogen and oxygen atoms in total. The number of hydrogen-bond donors (Lipinski definition) is 8. The zero-order chi connectivity index (χ0) is 73.3. The van der Waals surface area contributed by atoms with E-state index in [-0.39, 0.29) is 61.4 Å². The number of benzene rings is 4. The van der Waals surface area contributed by atoms with E-state index in [0.29, 0.717) is 41.4 Å². The van der Waals surface area contributed by atoms with Crippen molar-refractivity contribution in [1.82, 2.24) is 0 Å². The summed E-state index contributed by atoms with van der Waals surface area (Å²) in [4.78, 5) is 88.8. The summed E-state index contributed by atoms with van der Waals surface area (Å²) >= 11 is 9.54. The molecule has 4 heterocycles. The molecule has 550 valence electrons. The first kappa shape index (κ1) is 90.4. The van der Waals surface area contributed by atoms with E-state index in [1.54, 1.807) is 84.9 Å². The Labute approximate surface area is 640 Å². The number of aliphatic hydroxyl groups is 6. The first-order valence-corrected chi connectivity index (χ1v) is 48.0. The zero-order valence-corrected chi connectivity index (χ0v) is 67.2. The molecular formula is C64H77I6O29-. The van der Waals surface area contributed by atoms with Crippen LogP contribution in [-0.4, -0.2) is 201 Å². The fourth-order valence-electron chi connectivity index (χ4n) is 9.32. The number of methoxy groups -OCH3 is 1. The van der Waals surface area contributed by atoms with Crippen LogP contribution in [0.3, 0.4) is 0 Å². The molecule has 4 aromatic carbocycles. The van der Waals surface area contributed by atoms with Crippen molar-refractivity contribution in [2.45, 2.75) is 146 Å². The fraction of sp³-hybridized carbons (Fsp3) is 0.438. The number of halogens is 6. The number of esters is 8. The van der Waals surface area contributed by atoms with Crippen LogP contribution in [-0.2, 0) is 90.4 Å². The van der Waals surface area contributed by atoms with Gasteiger partial charge in [-0.15, -0.1) is 24.0 Å². The van der Waals surface area contributed by atoms with Crippen molar-refractivity contribution in [2.75, 3.05) is 33.5 Å². The normalized spacial score (nSPS) is 25.3.